The quantitative estimate of drug-likeness (QED) is 0.831. The summed E-state index contributed by atoms with van der Waals surface area (Å²) in [6.07, 6.45) is 1.85. The average Bonchev–Trinajstić information content (AvgIpc) is 2.35. The number of carbonyl (C=O) groups excluding carboxylic acids is 1. The van der Waals surface area contributed by atoms with Gasteiger partial charge >= 0.3 is 0 Å². The van der Waals surface area contributed by atoms with Crippen LogP contribution in [-0.2, 0) is 0 Å². The maximum absolute atomic E-state index is 13.4. The third-order valence-electron chi connectivity index (χ3n) is 3.49. The predicted molar refractivity (Wildman–Crippen MR) is 69.1 cm³/mol. The van der Waals surface area contributed by atoms with E-state index in [9.17, 15) is 9.18 Å². The number of piperidine rings is 1. The van der Waals surface area contributed by atoms with Crippen LogP contribution in [0.4, 0.5) is 4.39 Å². The summed E-state index contributed by atoms with van der Waals surface area (Å²) in [5.41, 5.74) is 6.83. The van der Waals surface area contributed by atoms with Crippen LogP contribution in [0.1, 0.15) is 28.8 Å². The second-order valence-electron chi connectivity index (χ2n) is 5.00. The molecule has 0 amide bonds. The largest absolute Gasteiger partial charge is 0.328 e. The van der Waals surface area contributed by atoms with Gasteiger partial charge in [0.25, 0.3) is 0 Å². The second kappa shape index (κ2) is 5.59. The molecule has 1 heterocycles. The first-order chi connectivity index (χ1) is 8.56. The van der Waals surface area contributed by atoms with Crippen LogP contribution in [0.25, 0.3) is 0 Å². The van der Waals surface area contributed by atoms with Crippen LogP contribution in [0.3, 0.4) is 0 Å². The number of ketones is 1. The Labute approximate surface area is 107 Å². The van der Waals surface area contributed by atoms with Gasteiger partial charge < -0.3 is 5.73 Å². The number of nitrogens with zero attached hydrogens (tertiary/aromatic N) is 1. The zero-order valence-corrected chi connectivity index (χ0v) is 10.7. The molecule has 1 aromatic rings. The topological polar surface area (TPSA) is 46.3 Å². The van der Waals surface area contributed by atoms with Gasteiger partial charge in [0, 0.05) is 24.7 Å². The average molecular weight is 250 g/mol. The Morgan fingerprint density at radius 3 is 2.72 bits per heavy atom. The zero-order chi connectivity index (χ0) is 13.1. The summed E-state index contributed by atoms with van der Waals surface area (Å²) in [5, 5.41) is 0. The van der Waals surface area contributed by atoms with Crippen LogP contribution < -0.4 is 5.73 Å². The highest BCUT2D eigenvalue weighted by Crippen LogP contribution is 2.12. The minimum Gasteiger partial charge on any atom is -0.328 e. The lowest BCUT2D eigenvalue weighted by atomic mass is 10.0. The van der Waals surface area contributed by atoms with Gasteiger partial charge in [0.2, 0.25) is 0 Å². The first-order valence-electron chi connectivity index (χ1n) is 6.33. The third kappa shape index (κ3) is 3.15. The van der Waals surface area contributed by atoms with E-state index in [1.54, 1.807) is 19.1 Å². The summed E-state index contributed by atoms with van der Waals surface area (Å²) in [6.45, 7) is 3.74. The molecule has 0 atom stereocenters. The van der Waals surface area contributed by atoms with Crippen LogP contribution in [0, 0.1) is 12.7 Å². The first kappa shape index (κ1) is 13.2. The monoisotopic (exact) mass is 250 g/mol. The Bertz CT molecular complexity index is 439. The summed E-state index contributed by atoms with van der Waals surface area (Å²) in [5.74, 6) is -0.342. The van der Waals surface area contributed by atoms with Crippen LogP contribution in [0.15, 0.2) is 18.2 Å². The van der Waals surface area contributed by atoms with Gasteiger partial charge in [0.15, 0.2) is 5.78 Å². The molecule has 3 nitrogen and oxygen atoms in total. The highest BCUT2D eigenvalue weighted by molar-refractivity contribution is 5.97. The summed E-state index contributed by atoms with van der Waals surface area (Å²) in [6, 6.07) is 4.92. The predicted octanol–water partition coefficient (Wildman–Crippen LogP) is 1.74. The van der Waals surface area contributed by atoms with Gasteiger partial charge in [-0.3, -0.25) is 9.69 Å². The Hall–Kier alpha value is -1.26. The van der Waals surface area contributed by atoms with Crippen molar-refractivity contribution in [3.8, 4) is 0 Å². The van der Waals surface area contributed by atoms with Crippen molar-refractivity contribution < 1.29 is 9.18 Å². The molecular formula is C14H19FN2O. The number of hydrogen-bond donors (Lipinski definition) is 1. The van der Waals surface area contributed by atoms with Crippen molar-refractivity contribution in [3.63, 3.8) is 0 Å². The Kier molecular flexibility index (Phi) is 4.09. The standard InChI is InChI=1S/C14H19FN2O/c1-10-2-3-11(8-13(10)15)14(18)9-17-6-4-12(16)5-7-17/h2-3,8,12H,4-7,9,16H2,1H3. The SMILES string of the molecule is Cc1ccc(C(=O)CN2CCC(N)CC2)cc1F. The lowest BCUT2D eigenvalue weighted by Gasteiger charge is -2.29. The lowest BCUT2D eigenvalue weighted by Crippen LogP contribution is -2.41. The summed E-state index contributed by atoms with van der Waals surface area (Å²) >= 11 is 0. The molecule has 4 heteroatoms. The highest BCUT2D eigenvalue weighted by atomic mass is 19.1. The molecule has 0 spiro atoms. The fourth-order valence-electron chi connectivity index (χ4n) is 2.17. The fraction of sp³-hybridized carbons (Fsp3) is 0.500. The number of nitrogens with two attached hydrogens (primary N) is 1. The number of benzene rings is 1. The van der Waals surface area contributed by atoms with Gasteiger partial charge in [-0.05, 0) is 31.4 Å². The van der Waals surface area contributed by atoms with Crippen molar-refractivity contribution in [2.75, 3.05) is 19.6 Å². The molecule has 0 radical (unpaired) electrons. The normalized spacial score (nSPS) is 17.9. The van der Waals surface area contributed by atoms with E-state index in [0.29, 0.717) is 17.7 Å². The Balaban J connectivity index is 1.97. The van der Waals surface area contributed by atoms with Crippen molar-refractivity contribution in [2.24, 2.45) is 5.73 Å². The molecule has 1 aliphatic heterocycles. The van der Waals surface area contributed by atoms with E-state index in [2.05, 4.69) is 4.90 Å². The Morgan fingerprint density at radius 1 is 1.44 bits per heavy atom. The molecule has 0 aliphatic carbocycles. The first-order valence-corrected chi connectivity index (χ1v) is 6.33. The zero-order valence-electron chi connectivity index (χ0n) is 10.7. The third-order valence-corrected chi connectivity index (χ3v) is 3.49. The van der Waals surface area contributed by atoms with Gasteiger partial charge in [0.05, 0.1) is 6.54 Å². The number of Topliss-reactive ketones (excluding diaryl/α,β-unsaturated/α-hetero) is 1. The van der Waals surface area contributed by atoms with E-state index in [1.165, 1.54) is 6.07 Å². The molecule has 2 rings (SSSR count). The Morgan fingerprint density at radius 2 is 2.11 bits per heavy atom. The van der Waals surface area contributed by atoms with Crippen LogP contribution >= 0.6 is 0 Å². The van der Waals surface area contributed by atoms with Crippen LogP contribution in [0.2, 0.25) is 0 Å². The summed E-state index contributed by atoms with van der Waals surface area (Å²) < 4.78 is 13.4. The van der Waals surface area contributed by atoms with Gasteiger partial charge in [0.1, 0.15) is 5.82 Å². The molecule has 98 valence electrons. The molecule has 0 bridgehead atoms. The van der Waals surface area contributed by atoms with Crippen molar-refractivity contribution in [2.45, 2.75) is 25.8 Å². The minimum absolute atomic E-state index is 0.0237. The number of halogens is 1. The summed E-state index contributed by atoms with van der Waals surface area (Å²) in [7, 11) is 0. The number of rotatable bonds is 3. The van der Waals surface area contributed by atoms with Gasteiger partial charge in [-0.15, -0.1) is 0 Å². The lowest BCUT2D eigenvalue weighted by molar-refractivity contribution is 0.0909. The van der Waals surface area contributed by atoms with E-state index in [-0.39, 0.29) is 17.6 Å². The van der Waals surface area contributed by atoms with Crippen molar-refractivity contribution >= 4 is 5.78 Å². The molecule has 2 N–H and O–H groups in total. The van der Waals surface area contributed by atoms with Crippen molar-refractivity contribution in [1.82, 2.24) is 4.90 Å². The van der Waals surface area contributed by atoms with Gasteiger partial charge in [-0.1, -0.05) is 12.1 Å². The molecule has 0 aromatic heterocycles. The molecule has 0 unspecified atom stereocenters. The number of likely N-dealkylation sites (tertiary alicyclic amines) is 1. The van der Waals surface area contributed by atoms with Crippen molar-refractivity contribution in [3.05, 3.63) is 35.1 Å². The van der Waals surface area contributed by atoms with Gasteiger partial charge in [-0.2, -0.15) is 0 Å². The van der Waals surface area contributed by atoms with E-state index in [0.717, 1.165) is 25.9 Å². The van der Waals surface area contributed by atoms with E-state index in [1.807, 2.05) is 0 Å². The van der Waals surface area contributed by atoms with E-state index < -0.39 is 0 Å². The molecule has 0 saturated carbocycles. The fourth-order valence-corrected chi connectivity index (χ4v) is 2.17. The maximum atomic E-state index is 13.4. The molecule has 18 heavy (non-hydrogen) atoms. The van der Waals surface area contributed by atoms with E-state index in [4.69, 9.17) is 5.73 Å². The number of hydrogen-bond acceptors (Lipinski definition) is 3. The van der Waals surface area contributed by atoms with E-state index >= 15 is 0 Å². The smallest absolute Gasteiger partial charge is 0.176 e. The number of aryl methyl sites for hydroxylation is 1. The van der Waals surface area contributed by atoms with Gasteiger partial charge in [-0.25, -0.2) is 4.39 Å². The highest BCUT2D eigenvalue weighted by Gasteiger charge is 2.19. The molecule has 1 fully saturated rings. The van der Waals surface area contributed by atoms with Crippen LogP contribution in [0.5, 0.6) is 0 Å². The maximum Gasteiger partial charge on any atom is 0.176 e. The van der Waals surface area contributed by atoms with Crippen molar-refractivity contribution in [1.29, 1.82) is 0 Å². The molecular weight excluding hydrogens is 231 g/mol. The molecule has 1 aromatic carbocycles. The van der Waals surface area contributed by atoms with Crippen LogP contribution in [-0.4, -0.2) is 36.4 Å². The number of carbonyl (C=O) groups is 1. The minimum atomic E-state index is -0.318. The molecule has 1 saturated heterocycles. The molecule has 1 aliphatic rings. The summed E-state index contributed by atoms with van der Waals surface area (Å²) in [4.78, 5) is 14.1. The second-order valence-corrected chi connectivity index (χ2v) is 5.00.